The van der Waals surface area contributed by atoms with E-state index in [0.29, 0.717) is 28.3 Å². The summed E-state index contributed by atoms with van der Waals surface area (Å²) in [7, 11) is 1.28. The van der Waals surface area contributed by atoms with Gasteiger partial charge in [0, 0.05) is 23.0 Å². The number of nitrogens with zero attached hydrogens (tertiary/aromatic N) is 1. The highest BCUT2D eigenvalue weighted by Crippen LogP contribution is 2.44. The van der Waals surface area contributed by atoms with Crippen LogP contribution in [0.2, 0.25) is 0 Å². The van der Waals surface area contributed by atoms with Gasteiger partial charge in [-0.05, 0) is 41.5 Å². The number of carbonyl (C=O) groups excluding carboxylic acids is 2. The first kappa shape index (κ1) is 19.7. The molecule has 0 saturated heterocycles. The lowest BCUT2D eigenvalue weighted by molar-refractivity contribution is -0.154. The Hall–Kier alpha value is -3.26. The molecule has 1 aromatic heterocycles. The summed E-state index contributed by atoms with van der Waals surface area (Å²) >= 11 is 5.92. The Balaban J connectivity index is 1.76. The van der Waals surface area contributed by atoms with Crippen molar-refractivity contribution in [3.05, 3.63) is 59.0 Å². The Kier molecular flexibility index (Phi) is 4.74. The van der Waals surface area contributed by atoms with Crippen LogP contribution in [0.1, 0.15) is 22.9 Å². The fourth-order valence-corrected chi connectivity index (χ4v) is 4.58. The van der Waals surface area contributed by atoms with E-state index in [2.05, 4.69) is 4.98 Å². The highest BCUT2D eigenvalue weighted by Gasteiger charge is 2.44. The number of rotatable bonds is 3. The van der Waals surface area contributed by atoms with Gasteiger partial charge in [0.15, 0.2) is 11.5 Å². The second kappa shape index (κ2) is 7.46. The van der Waals surface area contributed by atoms with E-state index < -0.39 is 24.0 Å². The summed E-state index contributed by atoms with van der Waals surface area (Å²) in [6.45, 7) is 0.107. The first-order valence-electron chi connectivity index (χ1n) is 9.66. The zero-order valence-electron chi connectivity index (χ0n) is 16.5. The molecule has 0 fully saturated rings. The third-order valence-electron chi connectivity index (χ3n) is 5.77. The SMILES string of the molecule is COC(=O)[C@@H]1Cc2c([nH]c3cc(F)ccc23)[C@H](c2ccc3c(c2)OCO3)N1C(=O)CCl. The van der Waals surface area contributed by atoms with Crippen molar-refractivity contribution in [2.24, 2.45) is 0 Å². The van der Waals surface area contributed by atoms with Crippen LogP contribution in [0.3, 0.4) is 0 Å². The third kappa shape index (κ3) is 3.09. The monoisotopic (exact) mass is 444 g/mol. The van der Waals surface area contributed by atoms with Gasteiger partial charge in [-0.25, -0.2) is 9.18 Å². The number of benzene rings is 2. The molecular formula is C22H18ClFN2O5. The maximum Gasteiger partial charge on any atom is 0.328 e. The lowest BCUT2D eigenvalue weighted by atomic mass is 9.87. The predicted molar refractivity (Wildman–Crippen MR) is 110 cm³/mol. The van der Waals surface area contributed by atoms with Crippen molar-refractivity contribution >= 4 is 34.4 Å². The molecule has 2 aliphatic heterocycles. The van der Waals surface area contributed by atoms with Gasteiger partial charge in [0.25, 0.3) is 0 Å². The zero-order chi connectivity index (χ0) is 21.7. The lowest BCUT2D eigenvalue weighted by Gasteiger charge is -2.40. The van der Waals surface area contributed by atoms with Gasteiger partial charge < -0.3 is 24.1 Å². The van der Waals surface area contributed by atoms with Crippen LogP contribution < -0.4 is 9.47 Å². The fraction of sp³-hybridized carbons (Fsp3) is 0.273. The summed E-state index contributed by atoms with van der Waals surface area (Å²) in [5.41, 5.74) is 2.80. The Morgan fingerprint density at radius 3 is 2.81 bits per heavy atom. The number of alkyl halides is 1. The van der Waals surface area contributed by atoms with Crippen LogP contribution in [0.4, 0.5) is 4.39 Å². The number of nitrogens with one attached hydrogen (secondary N) is 1. The van der Waals surface area contributed by atoms with Crippen LogP contribution in [0.15, 0.2) is 36.4 Å². The number of H-pyrrole nitrogens is 1. The second-order valence-corrected chi connectivity index (χ2v) is 7.67. The minimum atomic E-state index is -0.886. The lowest BCUT2D eigenvalue weighted by Crippen LogP contribution is -2.52. The molecule has 2 atom stereocenters. The standard InChI is InChI=1S/C22H18ClFN2O5/c1-29-22(28)16-8-14-13-4-3-12(24)7-15(13)25-20(14)21(26(16)19(27)9-23)11-2-5-17-18(6-11)31-10-30-17/h2-7,16,21,25H,8-10H2,1H3/t16-,21-/m0/s1. The highest BCUT2D eigenvalue weighted by atomic mass is 35.5. The van der Waals surface area contributed by atoms with E-state index in [0.717, 1.165) is 10.9 Å². The van der Waals surface area contributed by atoms with Gasteiger partial charge in [0.1, 0.15) is 17.7 Å². The van der Waals surface area contributed by atoms with Crippen LogP contribution in [-0.4, -0.2) is 47.6 Å². The van der Waals surface area contributed by atoms with Crippen LogP contribution in [0.5, 0.6) is 11.5 Å². The molecule has 0 spiro atoms. The quantitative estimate of drug-likeness (QED) is 0.495. The number of halogens is 2. The van der Waals surface area contributed by atoms with Crippen molar-refractivity contribution in [1.82, 2.24) is 9.88 Å². The molecule has 0 aliphatic carbocycles. The highest BCUT2D eigenvalue weighted by molar-refractivity contribution is 6.27. The second-order valence-electron chi connectivity index (χ2n) is 7.40. The molecule has 5 rings (SSSR count). The summed E-state index contributed by atoms with van der Waals surface area (Å²) in [6, 6.07) is 8.21. The molecule has 0 unspecified atom stereocenters. The Morgan fingerprint density at radius 1 is 1.23 bits per heavy atom. The summed E-state index contributed by atoms with van der Waals surface area (Å²) in [5.74, 6) is -0.526. The van der Waals surface area contributed by atoms with Gasteiger partial charge in [-0.15, -0.1) is 11.6 Å². The molecule has 2 aromatic carbocycles. The number of ether oxygens (including phenoxy) is 3. The number of amides is 1. The number of hydrogen-bond donors (Lipinski definition) is 1. The van der Waals surface area contributed by atoms with E-state index in [1.54, 1.807) is 18.2 Å². The van der Waals surface area contributed by atoms with Crippen molar-refractivity contribution in [3.63, 3.8) is 0 Å². The van der Waals surface area contributed by atoms with Crippen LogP contribution in [0.25, 0.3) is 10.9 Å². The largest absolute Gasteiger partial charge is 0.467 e. The van der Waals surface area contributed by atoms with Gasteiger partial charge in [0.05, 0.1) is 13.2 Å². The number of fused-ring (bicyclic) bond motifs is 4. The number of esters is 1. The Morgan fingerprint density at radius 2 is 2.03 bits per heavy atom. The van der Waals surface area contributed by atoms with Crippen molar-refractivity contribution in [3.8, 4) is 11.5 Å². The summed E-state index contributed by atoms with van der Waals surface area (Å²) < 4.78 is 29.8. The number of aromatic amines is 1. The molecule has 0 bridgehead atoms. The molecule has 3 aromatic rings. The number of methoxy groups -OCH3 is 1. The smallest absolute Gasteiger partial charge is 0.328 e. The summed E-state index contributed by atoms with van der Waals surface area (Å²) in [5, 5.41) is 0.786. The van der Waals surface area contributed by atoms with E-state index in [9.17, 15) is 14.0 Å². The molecule has 0 radical (unpaired) electrons. The molecule has 0 saturated carbocycles. The van der Waals surface area contributed by atoms with Crippen LogP contribution >= 0.6 is 11.6 Å². The number of carbonyl (C=O) groups is 2. The normalized spacial score (nSPS) is 19.4. The van der Waals surface area contributed by atoms with E-state index in [-0.39, 0.29) is 24.9 Å². The maximum absolute atomic E-state index is 13.9. The molecule has 9 heteroatoms. The zero-order valence-corrected chi connectivity index (χ0v) is 17.2. The van der Waals surface area contributed by atoms with E-state index >= 15 is 0 Å². The van der Waals surface area contributed by atoms with Crippen molar-refractivity contribution < 1.29 is 28.2 Å². The third-order valence-corrected chi connectivity index (χ3v) is 6.00. The van der Waals surface area contributed by atoms with Gasteiger partial charge >= 0.3 is 5.97 Å². The molecule has 160 valence electrons. The van der Waals surface area contributed by atoms with Crippen LogP contribution in [0, 0.1) is 5.82 Å². The van der Waals surface area contributed by atoms with E-state index in [4.69, 9.17) is 25.8 Å². The van der Waals surface area contributed by atoms with Crippen molar-refractivity contribution in [2.75, 3.05) is 19.8 Å². The average Bonchev–Trinajstić information content (AvgIpc) is 3.39. The summed E-state index contributed by atoms with van der Waals surface area (Å²) in [4.78, 5) is 30.4. The molecule has 3 heterocycles. The maximum atomic E-state index is 13.9. The van der Waals surface area contributed by atoms with E-state index in [1.807, 2.05) is 6.07 Å². The Labute approximate surface area is 181 Å². The fourth-order valence-electron chi connectivity index (χ4n) is 4.44. The first-order valence-corrected chi connectivity index (χ1v) is 10.2. The van der Waals surface area contributed by atoms with Gasteiger partial charge in [0.2, 0.25) is 12.7 Å². The van der Waals surface area contributed by atoms with E-state index in [1.165, 1.54) is 24.1 Å². The molecular weight excluding hydrogens is 427 g/mol. The molecule has 2 aliphatic rings. The average molecular weight is 445 g/mol. The predicted octanol–water partition coefficient (Wildman–Crippen LogP) is 3.29. The molecule has 31 heavy (non-hydrogen) atoms. The minimum Gasteiger partial charge on any atom is -0.467 e. The van der Waals surface area contributed by atoms with Crippen molar-refractivity contribution in [2.45, 2.75) is 18.5 Å². The van der Waals surface area contributed by atoms with Gasteiger partial charge in [-0.3, -0.25) is 4.79 Å². The summed E-state index contributed by atoms with van der Waals surface area (Å²) in [6.07, 6.45) is 0.220. The first-order chi connectivity index (χ1) is 15.0. The Bertz CT molecular complexity index is 1210. The van der Waals surface area contributed by atoms with Gasteiger partial charge in [-0.1, -0.05) is 6.07 Å². The number of aromatic nitrogens is 1. The van der Waals surface area contributed by atoms with Crippen LogP contribution in [-0.2, 0) is 20.7 Å². The molecule has 7 nitrogen and oxygen atoms in total. The molecule has 1 N–H and O–H groups in total. The van der Waals surface area contributed by atoms with Gasteiger partial charge in [-0.2, -0.15) is 0 Å². The topological polar surface area (TPSA) is 80.9 Å². The van der Waals surface area contributed by atoms with Crippen molar-refractivity contribution in [1.29, 1.82) is 0 Å². The molecule has 1 amide bonds. The minimum absolute atomic E-state index is 0.107. The number of hydrogen-bond acceptors (Lipinski definition) is 5.